The standard InChI is InChI=1S/C17H26N2O2/c1-3-13-21-15-7-5-14(6-8-15)19-16(20)17(4-2)9-11-18-12-10-17/h5-8,18H,3-4,9-13H2,1-2H3,(H,19,20). The van der Waals surface area contributed by atoms with Crippen molar-refractivity contribution in [1.29, 1.82) is 0 Å². The lowest BCUT2D eigenvalue weighted by molar-refractivity contribution is -0.127. The van der Waals surface area contributed by atoms with E-state index < -0.39 is 0 Å². The van der Waals surface area contributed by atoms with E-state index >= 15 is 0 Å². The van der Waals surface area contributed by atoms with Gasteiger partial charge < -0.3 is 15.4 Å². The van der Waals surface area contributed by atoms with Crippen LogP contribution < -0.4 is 15.4 Å². The highest BCUT2D eigenvalue weighted by molar-refractivity contribution is 5.95. The van der Waals surface area contributed by atoms with E-state index in [4.69, 9.17) is 4.74 Å². The average molecular weight is 290 g/mol. The van der Waals surface area contributed by atoms with Gasteiger partial charge in [0.25, 0.3) is 0 Å². The molecular weight excluding hydrogens is 264 g/mol. The van der Waals surface area contributed by atoms with E-state index in [0.717, 1.165) is 56.8 Å². The molecule has 0 bridgehead atoms. The van der Waals surface area contributed by atoms with Crippen molar-refractivity contribution >= 4 is 11.6 Å². The summed E-state index contributed by atoms with van der Waals surface area (Å²) in [4.78, 5) is 12.6. The molecule has 0 unspecified atom stereocenters. The average Bonchev–Trinajstić information content (AvgIpc) is 2.54. The molecule has 1 heterocycles. The second-order valence-corrected chi connectivity index (χ2v) is 5.71. The summed E-state index contributed by atoms with van der Waals surface area (Å²) in [5, 5.41) is 6.39. The highest BCUT2D eigenvalue weighted by atomic mass is 16.5. The number of amides is 1. The van der Waals surface area contributed by atoms with Crippen LogP contribution in [0.15, 0.2) is 24.3 Å². The van der Waals surface area contributed by atoms with Gasteiger partial charge >= 0.3 is 0 Å². The molecule has 21 heavy (non-hydrogen) atoms. The minimum atomic E-state index is -0.220. The SMILES string of the molecule is CCCOc1ccc(NC(=O)C2(CC)CCNCC2)cc1. The van der Waals surface area contributed by atoms with Crippen LogP contribution in [0.5, 0.6) is 5.75 Å². The Hall–Kier alpha value is -1.55. The molecule has 1 aliphatic rings. The molecule has 1 aliphatic heterocycles. The minimum absolute atomic E-state index is 0.147. The lowest BCUT2D eigenvalue weighted by Gasteiger charge is -2.35. The maximum absolute atomic E-state index is 12.6. The van der Waals surface area contributed by atoms with E-state index in [1.165, 1.54) is 0 Å². The predicted molar refractivity (Wildman–Crippen MR) is 85.7 cm³/mol. The number of nitrogens with one attached hydrogen (secondary N) is 2. The number of benzene rings is 1. The third-order valence-electron chi connectivity index (χ3n) is 4.30. The zero-order valence-corrected chi connectivity index (χ0v) is 13.1. The molecule has 1 saturated heterocycles. The van der Waals surface area contributed by atoms with Gasteiger partial charge in [0.2, 0.25) is 5.91 Å². The molecule has 1 aromatic carbocycles. The Morgan fingerprint density at radius 2 is 1.90 bits per heavy atom. The molecule has 0 aliphatic carbocycles. The third-order valence-corrected chi connectivity index (χ3v) is 4.30. The van der Waals surface area contributed by atoms with Crippen molar-refractivity contribution < 1.29 is 9.53 Å². The quantitative estimate of drug-likeness (QED) is 0.846. The molecule has 2 N–H and O–H groups in total. The Morgan fingerprint density at radius 1 is 1.24 bits per heavy atom. The van der Waals surface area contributed by atoms with Crippen molar-refractivity contribution in [2.75, 3.05) is 25.0 Å². The molecule has 0 radical (unpaired) electrons. The molecule has 0 atom stereocenters. The largest absolute Gasteiger partial charge is 0.494 e. The van der Waals surface area contributed by atoms with Crippen molar-refractivity contribution in [2.24, 2.45) is 5.41 Å². The highest BCUT2D eigenvalue weighted by Crippen LogP contribution is 2.34. The molecule has 1 fully saturated rings. The fraction of sp³-hybridized carbons (Fsp3) is 0.588. The number of piperidine rings is 1. The fourth-order valence-corrected chi connectivity index (χ4v) is 2.76. The second kappa shape index (κ2) is 7.46. The predicted octanol–water partition coefficient (Wildman–Crippen LogP) is 3.19. The molecule has 2 rings (SSSR count). The number of rotatable bonds is 6. The van der Waals surface area contributed by atoms with Crippen LogP contribution in [0.25, 0.3) is 0 Å². The van der Waals surface area contributed by atoms with Gasteiger partial charge in [0.05, 0.1) is 12.0 Å². The van der Waals surface area contributed by atoms with Gasteiger partial charge in [0.15, 0.2) is 0 Å². The number of hydrogen-bond donors (Lipinski definition) is 2. The first-order chi connectivity index (χ1) is 10.2. The van der Waals surface area contributed by atoms with E-state index in [2.05, 4.69) is 24.5 Å². The Labute approximate surface area is 127 Å². The van der Waals surface area contributed by atoms with Crippen LogP contribution in [0, 0.1) is 5.41 Å². The number of carbonyl (C=O) groups is 1. The van der Waals surface area contributed by atoms with E-state index in [-0.39, 0.29) is 11.3 Å². The van der Waals surface area contributed by atoms with Gasteiger partial charge in [-0.3, -0.25) is 4.79 Å². The number of anilines is 1. The highest BCUT2D eigenvalue weighted by Gasteiger charge is 2.37. The van der Waals surface area contributed by atoms with Gasteiger partial charge in [-0.25, -0.2) is 0 Å². The molecule has 1 amide bonds. The van der Waals surface area contributed by atoms with Crippen molar-refractivity contribution in [1.82, 2.24) is 5.32 Å². The molecule has 0 saturated carbocycles. The third kappa shape index (κ3) is 3.97. The van der Waals surface area contributed by atoms with Gasteiger partial charge in [-0.1, -0.05) is 13.8 Å². The lowest BCUT2D eigenvalue weighted by atomic mass is 9.76. The monoisotopic (exact) mass is 290 g/mol. The first kappa shape index (κ1) is 15.8. The molecule has 1 aromatic rings. The molecule has 0 spiro atoms. The summed E-state index contributed by atoms with van der Waals surface area (Å²) >= 11 is 0. The normalized spacial score (nSPS) is 17.2. The van der Waals surface area contributed by atoms with Crippen molar-refractivity contribution in [3.8, 4) is 5.75 Å². The van der Waals surface area contributed by atoms with Gasteiger partial charge in [0.1, 0.15) is 5.75 Å². The Morgan fingerprint density at radius 3 is 2.48 bits per heavy atom. The van der Waals surface area contributed by atoms with Gasteiger partial charge in [-0.15, -0.1) is 0 Å². The van der Waals surface area contributed by atoms with E-state index in [1.54, 1.807) is 0 Å². The molecule has 0 aromatic heterocycles. The van der Waals surface area contributed by atoms with Crippen LogP contribution in [0.1, 0.15) is 39.5 Å². The van der Waals surface area contributed by atoms with Crippen molar-refractivity contribution in [3.63, 3.8) is 0 Å². The first-order valence-electron chi connectivity index (χ1n) is 7.95. The Bertz CT molecular complexity index is 450. The molecule has 4 heteroatoms. The summed E-state index contributed by atoms with van der Waals surface area (Å²) in [6, 6.07) is 7.64. The van der Waals surface area contributed by atoms with Gasteiger partial charge in [-0.2, -0.15) is 0 Å². The molecular formula is C17H26N2O2. The van der Waals surface area contributed by atoms with Crippen LogP contribution in [0.4, 0.5) is 5.69 Å². The Kier molecular flexibility index (Phi) is 5.62. The second-order valence-electron chi connectivity index (χ2n) is 5.71. The van der Waals surface area contributed by atoms with Gasteiger partial charge in [-0.05, 0) is 63.0 Å². The van der Waals surface area contributed by atoms with Crippen LogP contribution in [0.2, 0.25) is 0 Å². The maximum Gasteiger partial charge on any atom is 0.230 e. The topological polar surface area (TPSA) is 50.4 Å². The minimum Gasteiger partial charge on any atom is -0.494 e. The van der Waals surface area contributed by atoms with Crippen molar-refractivity contribution in [2.45, 2.75) is 39.5 Å². The number of ether oxygens (including phenoxy) is 1. The van der Waals surface area contributed by atoms with Gasteiger partial charge in [0, 0.05) is 5.69 Å². The smallest absolute Gasteiger partial charge is 0.230 e. The lowest BCUT2D eigenvalue weighted by Crippen LogP contribution is -2.44. The number of carbonyl (C=O) groups excluding carboxylic acids is 1. The summed E-state index contributed by atoms with van der Waals surface area (Å²) in [5.41, 5.74) is 0.623. The molecule has 4 nitrogen and oxygen atoms in total. The van der Waals surface area contributed by atoms with E-state index in [1.807, 2.05) is 24.3 Å². The summed E-state index contributed by atoms with van der Waals surface area (Å²) in [6.45, 7) is 6.75. The number of hydrogen-bond acceptors (Lipinski definition) is 3. The Balaban J connectivity index is 1.98. The fourth-order valence-electron chi connectivity index (χ4n) is 2.76. The van der Waals surface area contributed by atoms with E-state index in [9.17, 15) is 4.79 Å². The van der Waals surface area contributed by atoms with Crippen LogP contribution in [-0.2, 0) is 4.79 Å². The van der Waals surface area contributed by atoms with E-state index in [0.29, 0.717) is 0 Å². The summed E-state index contributed by atoms with van der Waals surface area (Å²) < 4.78 is 5.55. The van der Waals surface area contributed by atoms with Crippen LogP contribution in [-0.4, -0.2) is 25.6 Å². The van der Waals surface area contributed by atoms with Crippen molar-refractivity contribution in [3.05, 3.63) is 24.3 Å². The van der Waals surface area contributed by atoms with Crippen LogP contribution in [0.3, 0.4) is 0 Å². The first-order valence-corrected chi connectivity index (χ1v) is 7.95. The van der Waals surface area contributed by atoms with Crippen LogP contribution >= 0.6 is 0 Å². The maximum atomic E-state index is 12.6. The molecule has 116 valence electrons. The summed E-state index contributed by atoms with van der Waals surface area (Å²) in [5.74, 6) is 0.996. The summed E-state index contributed by atoms with van der Waals surface area (Å²) in [7, 11) is 0. The summed E-state index contributed by atoms with van der Waals surface area (Å²) in [6.07, 6.45) is 3.70. The zero-order chi connectivity index (χ0) is 15.1. The zero-order valence-electron chi connectivity index (χ0n) is 13.1.